The first kappa shape index (κ1) is 20.0. The molecule has 2 saturated heterocycles. The van der Waals surface area contributed by atoms with Gasteiger partial charge in [0.1, 0.15) is 0 Å². The summed E-state index contributed by atoms with van der Waals surface area (Å²) in [4.78, 5) is 17.7. The van der Waals surface area contributed by atoms with Crippen LogP contribution in [0.25, 0.3) is 0 Å². The molecule has 150 valence electrons. The lowest BCUT2D eigenvalue weighted by molar-refractivity contribution is -0.125. The van der Waals surface area contributed by atoms with Crippen LogP contribution in [0.5, 0.6) is 11.5 Å². The van der Waals surface area contributed by atoms with Crippen LogP contribution in [0.1, 0.15) is 38.2 Å². The Balaban J connectivity index is 1.63. The van der Waals surface area contributed by atoms with Crippen LogP contribution in [-0.4, -0.2) is 67.2 Å². The second-order valence-electron chi connectivity index (χ2n) is 8.22. The Labute approximate surface area is 162 Å². The summed E-state index contributed by atoms with van der Waals surface area (Å²) in [6.45, 7) is 6.89. The third kappa shape index (κ3) is 4.55. The van der Waals surface area contributed by atoms with E-state index in [2.05, 4.69) is 29.1 Å². The van der Waals surface area contributed by atoms with Crippen LogP contribution in [0, 0.1) is 5.41 Å². The van der Waals surface area contributed by atoms with Gasteiger partial charge in [-0.2, -0.15) is 0 Å². The van der Waals surface area contributed by atoms with Crippen LogP contribution in [0.4, 0.5) is 0 Å². The van der Waals surface area contributed by atoms with Gasteiger partial charge in [0.25, 0.3) is 0 Å². The molecule has 1 aromatic carbocycles. The molecule has 1 amide bonds. The summed E-state index contributed by atoms with van der Waals surface area (Å²) in [7, 11) is 3.71. The molecular weight excluding hydrogens is 342 g/mol. The molecule has 2 N–H and O–H groups in total. The number of rotatable bonds is 6. The summed E-state index contributed by atoms with van der Waals surface area (Å²) in [5, 5.41) is 12.8. The summed E-state index contributed by atoms with van der Waals surface area (Å²) in [5.74, 6) is 0.661. The molecule has 0 aliphatic carbocycles. The van der Waals surface area contributed by atoms with Crippen molar-refractivity contribution in [2.45, 2.75) is 45.2 Å². The number of piperidine rings is 1. The van der Waals surface area contributed by atoms with Gasteiger partial charge in [0, 0.05) is 13.1 Å². The molecule has 0 aromatic heterocycles. The Hall–Kier alpha value is -1.79. The van der Waals surface area contributed by atoms with Crippen molar-refractivity contribution in [2.75, 3.05) is 40.3 Å². The summed E-state index contributed by atoms with van der Waals surface area (Å²) < 4.78 is 5.15. The maximum atomic E-state index is 13.0. The summed E-state index contributed by atoms with van der Waals surface area (Å²) in [6.07, 6.45) is 4.39. The number of aromatic hydroxyl groups is 1. The predicted molar refractivity (Wildman–Crippen MR) is 106 cm³/mol. The van der Waals surface area contributed by atoms with Crippen molar-refractivity contribution in [2.24, 2.45) is 5.41 Å². The standard InChI is InChI=1S/C21H33N3O3/c1-4-9-24-15-21(7-10-23(2)11-8-21)13-17(24)20(26)22-14-16-5-6-18(25)19(12-16)27-3/h5-6,12,17,25H,4,7-11,13-15H2,1-3H3,(H,22,26)/t17-/m1/s1. The van der Waals surface area contributed by atoms with Crippen LogP contribution >= 0.6 is 0 Å². The van der Waals surface area contributed by atoms with Gasteiger partial charge < -0.3 is 20.1 Å². The minimum absolute atomic E-state index is 0.0348. The number of ether oxygens (including phenoxy) is 1. The molecule has 2 aliphatic rings. The van der Waals surface area contributed by atoms with Gasteiger partial charge in [0.05, 0.1) is 13.2 Å². The topological polar surface area (TPSA) is 65.0 Å². The molecule has 0 bridgehead atoms. The zero-order valence-electron chi connectivity index (χ0n) is 16.8. The van der Waals surface area contributed by atoms with Crippen LogP contribution in [0.3, 0.4) is 0 Å². The van der Waals surface area contributed by atoms with Crippen molar-refractivity contribution in [3.05, 3.63) is 23.8 Å². The molecule has 0 saturated carbocycles. The average molecular weight is 376 g/mol. The van der Waals surface area contributed by atoms with Crippen LogP contribution in [-0.2, 0) is 11.3 Å². The Morgan fingerprint density at radius 3 is 2.78 bits per heavy atom. The molecule has 2 heterocycles. The lowest BCUT2D eigenvalue weighted by Crippen LogP contribution is -2.43. The van der Waals surface area contributed by atoms with Gasteiger partial charge in [-0.3, -0.25) is 9.69 Å². The maximum Gasteiger partial charge on any atom is 0.237 e. The number of carbonyl (C=O) groups excluding carboxylic acids is 1. The molecule has 2 fully saturated rings. The summed E-state index contributed by atoms with van der Waals surface area (Å²) >= 11 is 0. The SMILES string of the molecule is CCCN1CC2(CCN(C)CC2)C[C@@H]1C(=O)NCc1ccc(O)c(OC)c1. The van der Waals surface area contributed by atoms with Gasteiger partial charge in [0.2, 0.25) is 5.91 Å². The van der Waals surface area contributed by atoms with Crippen molar-refractivity contribution >= 4 is 5.91 Å². The molecule has 0 unspecified atom stereocenters. The summed E-state index contributed by atoms with van der Waals surface area (Å²) in [5.41, 5.74) is 1.22. The van der Waals surface area contributed by atoms with Crippen molar-refractivity contribution in [1.82, 2.24) is 15.1 Å². The zero-order chi connectivity index (χ0) is 19.4. The van der Waals surface area contributed by atoms with Crippen molar-refractivity contribution in [3.63, 3.8) is 0 Å². The van der Waals surface area contributed by atoms with E-state index in [1.807, 2.05) is 6.07 Å². The van der Waals surface area contributed by atoms with Crippen molar-refractivity contribution < 1.29 is 14.6 Å². The van der Waals surface area contributed by atoms with Gasteiger partial charge in [-0.1, -0.05) is 13.0 Å². The van der Waals surface area contributed by atoms with Crippen molar-refractivity contribution in [3.8, 4) is 11.5 Å². The second kappa shape index (κ2) is 8.48. The Morgan fingerprint density at radius 1 is 1.37 bits per heavy atom. The van der Waals surface area contributed by atoms with E-state index in [0.717, 1.165) is 44.6 Å². The fraction of sp³-hybridized carbons (Fsp3) is 0.667. The molecule has 2 aliphatic heterocycles. The monoisotopic (exact) mass is 375 g/mol. The van der Waals surface area contributed by atoms with E-state index >= 15 is 0 Å². The normalized spacial score (nSPS) is 22.9. The fourth-order valence-corrected chi connectivity index (χ4v) is 4.52. The minimum atomic E-state index is -0.0348. The quantitative estimate of drug-likeness (QED) is 0.798. The molecule has 6 nitrogen and oxygen atoms in total. The van der Waals surface area contributed by atoms with Gasteiger partial charge in [-0.05, 0) is 75.5 Å². The molecule has 27 heavy (non-hydrogen) atoms. The second-order valence-corrected chi connectivity index (χ2v) is 8.22. The van der Waals surface area contributed by atoms with E-state index in [1.165, 1.54) is 20.0 Å². The number of amides is 1. The Kier molecular flexibility index (Phi) is 6.27. The molecule has 6 heteroatoms. The first-order valence-electron chi connectivity index (χ1n) is 10.0. The number of carbonyl (C=O) groups is 1. The lowest BCUT2D eigenvalue weighted by Gasteiger charge is -2.37. The van der Waals surface area contributed by atoms with E-state index in [9.17, 15) is 9.90 Å². The predicted octanol–water partition coefficient (Wildman–Crippen LogP) is 2.21. The molecule has 1 spiro atoms. The highest BCUT2D eigenvalue weighted by atomic mass is 16.5. The van der Waals surface area contributed by atoms with E-state index < -0.39 is 0 Å². The number of nitrogens with zero attached hydrogens (tertiary/aromatic N) is 2. The highest BCUT2D eigenvalue weighted by Gasteiger charge is 2.47. The number of nitrogens with one attached hydrogen (secondary N) is 1. The third-order valence-electron chi connectivity index (χ3n) is 6.18. The Morgan fingerprint density at radius 2 is 2.11 bits per heavy atom. The van der Waals surface area contributed by atoms with Gasteiger partial charge >= 0.3 is 0 Å². The number of benzene rings is 1. The largest absolute Gasteiger partial charge is 0.504 e. The zero-order valence-corrected chi connectivity index (χ0v) is 16.8. The van der Waals surface area contributed by atoms with Gasteiger partial charge in [-0.15, -0.1) is 0 Å². The third-order valence-corrected chi connectivity index (χ3v) is 6.18. The van der Waals surface area contributed by atoms with E-state index in [4.69, 9.17) is 4.74 Å². The van der Waals surface area contributed by atoms with Gasteiger partial charge in [-0.25, -0.2) is 0 Å². The van der Waals surface area contributed by atoms with Crippen molar-refractivity contribution in [1.29, 1.82) is 0 Å². The molecule has 0 radical (unpaired) electrons. The van der Waals surface area contributed by atoms with E-state index in [-0.39, 0.29) is 17.7 Å². The highest BCUT2D eigenvalue weighted by Crippen LogP contribution is 2.43. The lowest BCUT2D eigenvalue weighted by atomic mass is 9.76. The molecule has 3 rings (SSSR count). The highest BCUT2D eigenvalue weighted by molar-refractivity contribution is 5.82. The maximum absolute atomic E-state index is 13.0. The minimum Gasteiger partial charge on any atom is -0.504 e. The number of phenolic OH excluding ortho intramolecular Hbond substituents is 1. The Bertz CT molecular complexity index is 656. The van der Waals surface area contributed by atoms with E-state index in [0.29, 0.717) is 17.7 Å². The van der Waals surface area contributed by atoms with Crippen LogP contribution < -0.4 is 10.1 Å². The van der Waals surface area contributed by atoms with Gasteiger partial charge in [0.15, 0.2) is 11.5 Å². The number of likely N-dealkylation sites (tertiary alicyclic amines) is 2. The molecule has 1 atom stereocenters. The van der Waals surface area contributed by atoms with E-state index in [1.54, 1.807) is 12.1 Å². The fourth-order valence-electron chi connectivity index (χ4n) is 4.52. The molecular formula is C21H33N3O3. The number of hydrogen-bond donors (Lipinski definition) is 2. The average Bonchev–Trinajstić information content (AvgIpc) is 3.02. The number of hydrogen-bond acceptors (Lipinski definition) is 5. The van der Waals surface area contributed by atoms with Crippen LogP contribution in [0.15, 0.2) is 18.2 Å². The number of methoxy groups -OCH3 is 1. The van der Waals surface area contributed by atoms with Crippen LogP contribution in [0.2, 0.25) is 0 Å². The molecule has 1 aromatic rings. The summed E-state index contributed by atoms with van der Waals surface area (Å²) in [6, 6.07) is 5.15. The smallest absolute Gasteiger partial charge is 0.237 e. The first-order chi connectivity index (χ1) is 13.0. The number of phenols is 1. The first-order valence-corrected chi connectivity index (χ1v) is 10.0.